The molecule has 0 saturated carbocycles. The summed E-state index contributed by atoms with van der Waals surface area (Å²) in [5.74, 6) is 1.66. The van der Waals surface area contributed by atoms with Crippen LogP contribution >= 0.6 is 0 Å². The molecule has 21 heavy (non-hydrogen) atoms. The molecule has 0 aliphatic rings. The van der Waals surface area contributed by atoms with E-state index in [9.17, 15) is 4.79 Å². The van der Waals surface area contributed by atoms with Crippen LogP contribution in [0, 0.1) is 0 Å². The van der Waals surface area contributed by atoms with Crippen LogP contribution in [-0.4, -0.2) is 23.5 Å². The van der Waals surface area contributed by atoms with E-state index < -0.39 is 0 Å². The second kappa shape index (κ2) is 7.28. The minimum atomic E-state index is -0.140. The second-order valence-electron chi connectivity index (χ2n) is 4.75. The molecule has 0 saturated heterocycles. The summed E-state index contributed by atoms with van der Waals surface area (Å²) >= 11 is 0. The number of hydrogen-bond acceptors (Lipinski definition) is 4. The first kappa shape index (κ1) is 14.8. The van der Waals surface area contributed by atoms with Gasteiger partial charge in [-0.25, -0.2) is 4.98 Å². The maximum absolute atomic E-state index is 11.5. The highest BCUT2D eigenvalue weighted by Gasteiger charge is 2.04. The van der Waals surface area contributed by atoms with Gasteiger partial charge in [0, 0.05) is 18.3 Å². The van der Waals surface area contributed by atoms with Crippen molar-refractivity contribution in [2.75, 3.05) is 6.61 Å². The highest BCUT2D eigenvalue weighted by atomic mass is 16.5. The van der Waals surface area contributed by atoms with E-state index in [2.05, 4.69) is 10.3 Å². The number of nitrogens with one attached hydrogen (secondary N) is 1. The maximum atomic E-state index is 11.5. The quantitative estimate of drug-likeness (QED) is 0.887. The van der Waals surface area contributed by atoms with Crippen LogP contribution in [0.5, 0.6) is 17.4 Å². The number of aromatic nitrogens is 1. The number of hydrogen-bond donors (Lipinski definition) is 1. The molecule has 2 aromatic rings. The highest BCUT2D eigenvalue weighted by molar-refractivity contribution is 5.77. The molecule has 1 heterocycles. The molecule has 1 aromatic carbocycles. The lowest BCUT2D eigenvalue weighted by molar-refractivity contribution is -0.123. The molecule has 0 atom stereocenters. The fourth-order valence-corrected chi connectivity index (χ4v) is 1.64. The zero-order chi connectivity index (χ0) is 15.1. The zero-order valence-electron chi connectivity index (χ0n) is 12.1. The molecule has 0 aliphatic carbocycles. The van der Waals surface area contributed by atoms with Crippen LogP contribution in [0.25, 0.3) is 0 Å². The first-order valence-corrected chi connectivity index (χ1v) is 6.74. The van der Waals surface area contributed by atoms with Crippen LogP contribution in [-0.2, 0) is 4.79 Å². The van der Waals surface area contributed by atoms with Crippen molar-refractivity contribution in [1.29, 1.82) is 0 Å². The minimum absolute atomic E-state index is 0.00136. The van der Waals surface area contributed by atoms with Gasteiger partial charge in [0.05, 0.1) is 0 Å². The van der Waals surface area contributed by atoms with Crippen LogP contribution in [0.1, 0.15) is 13.8 Å². The van der Waals surface area contributed by atoms with E-state index in [1.54, 1.807) is 36.5 Å². The Bertz CT molecular complexity index is 568. The van der Waals surface area contributed by atoms with Gasteiger partial charge in [-0.3, -0.25) is 4.79 Å². The number of carbonyl (C=O) groups is 1. The molecule has 1 amide bonds. The Morgan fingerprint density at radius 3 is 2.48 bits per heavy atom. The van der Waals surface area contributed by atoms with Crippen molar-refractivity contribution in [3.05, 3.63) is 48.7 Å². The van der Waals surface area contributed by atoms with E-state index in [0.29, 0.717) is 17.4 Å². The van der Waals surface area contributed by atoms with Crippen molar-refractivity contribution in [1.82, 2.24) is 10.3 Å². The predicted octanol–water partition coefficient (Wildman–Crippen LogP) is 2.78. The second-order valence-corrected chi connectivity index (χ2v) is 4.75. The Morgan fingerprint density at radius 2 is 1.86 bits per heavy atom. The van der Waals surface area contributed by atoms with Gasteiger partial charge >= 0.3 is 0 Å². The van der Waals surface area contributed by atoms with Crippen LogP contribution in [0.3, 0.4) is 0 Å². The first-order valence-electron chi connectivity index (χ1n) is 6.74. The van der Waals surface area contributed by atoms with Crippen molar-refractivity contribution in [3.8, 4) is 17.4 Å². The number of ether oxygens (including phenoxy) is 2. The van der Waals surface area contributed by atoms with Crippen molar-refractivity contribution in [2.45, 2.75) is 19.9 Å². The van der Waals surface area contributed by atoms with Crippen LogP contribution in [0.15, 0.2) is 48.7 Å². The Kier molecular flexibility index (Phi) is 5.15. The molecule has 0 bridgehead atoms. The largest absolute Gasteiger partial charge is 0.484 e. The van der Waals surface area contributed by atoms with Crippen LogP contribution in [0.2, 0.25) is 0 Å². The van der Waals surface area contributed by atoms with Crippen molar-refractivity contribution in [2.24, 2.45) is 0 Å². The molecular weight excluding hydrogens is 268 g/mol. The summed E-state index contributed by atoms with van der Waals surface area (Å²) in [6.45, 7) is 3.81. The van der Waals surface area contributed by atoms with Gasteiger partial charge in [-0.15, -0.1) is 0 Å². The van der Waals surface area contributed by atoms with Gasteiger partial charge in [0.2, 0.25) is 5.88 Å². The van der Waals surface area contributed by atoms with E-state index in [0.717, 1.165) is 0 Å². The molecule has 1 aromatic heterocycles. The van der Waals surface area contributed by atoms with E-state index in [-0.39, 0.29) is 18.6 Å². The molecule has 1 N–H and O–H groups in total. The number of carbonyl (C=O) groups excluding carboxylic acids is 1. The lowest BCUT2D eigenvalue weighted by atomic mass is 10.3. The summed E-state index contributed by atoms with van der Waals surface area (Å²) in [6, 6.07) is 12.6. The Balaban J connectivity index is 1.86. The average molecular weight is 286 g/mol. The van der Waals surface area contributed by atoms with E-state index in [1.807, 2.05) is 26.0 Å². The monoisotopic (exact) mass is 286 g/mol. The molecule has 0 unspecified atom stereocenters. The molecule has 5 heteroatoms. The van der Waals surface area contributed by atoms with Crippen molar-refractivity contribution in [3.63, 3.8) is 0 Å². The summed E-state index contributed by atoms with van der Waals surface area (Å²) < 4.78 is 11.0. The fraction of sp³-hybridized carbons (Fsp3) is 0.250. The summed E-state index contributed by atoms with van der Waals surface area (Å²) in [5, 5.41) is 2.76. The minimum Gasteiger partial charge on any atom is -0.484 e. The third-order valence-corrected chi connectivity index (χ3v) is 2.50. The fourth-order valence-electron chi connectivity index (χ4n) is 1.64. The third kappa shape index (κ3) is 5.14. The van der Waals surface area contributed by atoms with Gasteiger partial charge in [-0.2, -0.15) is 0 Å². The standard InChI is InChI=1S/C16H18N2O3/c1-12(2)18-15(19)11-20-13-6-8-14(9-7-13)21-16-5-3-4-10-17-16/h3-10,12H,11H2,1-2H3,(H,18,19). The zero-order valence-corrected chi connectivity index (χ0v) is 12.1. The number of amides is 1. The highest BCUT2D eigenvalue weighted by Crippen LogP contribution is 2.22. The molecule has 0 radical (unpaired) electrons. The van der Waals surface area contributed by atoms with E-state index in [1.165, 1.54) is 0 Å². The molecule has 110 valence electrons. The topological polar surface area (TPSA) is 60.5 Å². The summed E-state index contributed by atoms with van der Waals surface area (Å²) in [6.07, 6.45) is 1.67. The van der Waals surface area contributed by atoms with Crippen LogP contribution in [0.4, 0.5) is 0 Å². The SMILES string of the molecule is CC(C)NC(=O)COc1ccc(Oc2ccccn2)cc1. The number of rotatable bonds is 6. The Morgan fingerprint density at radius 1 is 1.14 bits per heavy atom. The Labute approximate surface area is 123 Å². The molecule has 2 rings (SSSR count). The Hall–Kier alpha value is -2.56. The van der Waals surface area contributed by atoms with Crippen molar-refractivity contribution < 1.29 is 14.3 Å². The van der Waals surface area contributed by atoms with Gasteiger partial charge in [0.25, 0.3) is 5.91 Å². The number of nitrogens with zero attached hydrogens (tertiary/aromatic N) is 1. The van der Waals surface area contributed by atoms with Crippen molar-refractivity contribution >= 4 is 5.91 Å². The first-order chi connectivity index (χ1) is 10.1. The summed E-state index contributed by atoms with van der Waals surface area (Å²) in [4.78, 5) is 15.5. The molecule has 0 aliphatic heterocycles. The van der Waals surface area contributed by atoms with Gasteiger partial charge in [0.15, 0.2) is 6.61 Å². The summed E-state index contributed by atoms with van der Waals surface area (Å²) in [7, 11) is 0. The third-order valence-electron chi connectivity index (χ3n) is 2.50. The lowest BCUT2D eigenvalue weighted by Crippen LogP contribution is -2.34. The van der Waals surface area contributed by atoms with Gasteiger partial charge in [0.1, 0.15) is 11.5 Å². The number of pyridine rings is 1. The molecule has 0 spiro atoms. The lowest BCUT2D eigenvalue weighted by Gasteiger charge is -2.10. The normalized spacial score (nSPS) is 10.2. The number of benzene rings is 1. The van der Waals surface area contributed by atoms with Gasteiger partial charge in [-0.1, -0.05) is 6.07 Å². The average Bonchev–Trinajstić information content (AvgIpc) is 2.47. The van der Waals surface area contributed by atoms with Crippen LogP contribution < -0.4 is 14.8 Å². The predicted molar refractivity (Wildman–Crippen MR) is 79.5 cm³/mol. The van der Waals surface area contributed by atoms with Gasteiger partial charge < -0.3 is 14.8 Å². The van der Waals surface area contributed by atoms with E-state index >= 15 is 0 Å². The smallest absolute Gasteiger partial charge is 0.258 e. The van der Waals surface area contributed by atoms with Gasteiger partial charge in [-0.05, 0) is 44.2 Å². The molecule has 0 fully saturated rings. The maximum Gasteiger partial charge on any atom is 0.258 e. The summed E-state index contributed by atoms with van der Waals surface area (Å²) in [5.41, 5.74) is 0. The molecule has 5 nitrogen and oxygen atoms in total. The molecular formula is C16H18N2O3. The van der Waals surface area contributed by atoms with E-state index in [4.69, 9.17) is 9.47 Å².